The molecule has 1 aromatic carbocycles. The van der Waals surface area contributed by atoms with E-state index < -0.39 is 72.5 Å². The van der Waals surface area contributed by atoms with Gasteiger partial charge in [0, 0.05) is 39.5 Å². The van der Waals surface area contributed by atoms with E-state index in [0.29, 0.717) is 12.8 Å². The number of carbonyl (C=O) groups excluding carboxylic acids is 7. The summed E-state index contributed by atoms with van der Waals surface area (Å²) in [5, 5.41) is 8.45. The van der Waals surface area contributed by atoms with Crippen LogP contribution in [0.2, 0.25) is 0 Å². The van der Waals surface area contributed by atoms with Crippen molar-refractivity contribution in [2.24, 2.45) is 56.2 Å². The topological polar surface area (TPSA) is 206 Å². The van der Waals surface area contributed by atoms with Gasteiger partial charge in [-0.2, -0.15) is 0 Å². The van der Waals surface area contributed by atoms with E-state index in [4.69, 9.17) is 28.4 Å². The van der Waals surface area contributed by atoms with Crippen LogP contribution in [0.5, 0.6) is 0 Å². The molecule has 390 valence electrons. The fourth-order valence-corrected chi connectivity index (χ4v) is 15.0. The molecule has 16 heteroatoms. The van der Waals surface area contributed by atoms with Gasteiger partial charge in [0.2, 0.25) is 0 Å². The molecule has 0 bridgehead atoms. The molecule has 16 nitrogen and oxygen atoms in total. The number of esters is 5. The summed E-state index contributed by atoms with van der Waals surface area (Å²) in [5.41, 5.74) is 0.201. The Hall–Kier alpha value is -5.51. The first-order valence-electron chi connectivity index (χ1n) is 25.7. The number of hydrogen-bond donors (Lipinski definition) is 0. The van der Waals surface area contributed by atoms with E-state index in [1.165, 1.54) is 23.4 Å². The van der Waals surface area contributed by atoms with E-state index in [9.17, 15) is 28.8 Å². The maximum atomic E-state index is 15.1. The molecule has 5 aliphatic carbocycles. The average molecular weight is 996 g/mol. The zero-order valence-corrected chi connectivity index (χ0v) is 43.8. The van der Waals surface area contributed by atoms with Gasteiger partial charge in [-0.05, 0) is 121 Å². The van der Waals surface area contributed by atoms with E-state index in [-0.39, 0.29) is 74.6 Å². The van der Waals surface area contributed by atoms with Crippen molar-refractivity contribution in [3.8, 4) is 0 Å². The largest absolute Gasteiger partial charge is 0.463 e. The first kappa shape index (κ1) is 52.8. The lowest BCUT2D eigenvalue weighted by Crippen LogP contribution is -2.66. The molecule has 6 aliphatic rings. The summed E-state index contributed by atoms with van der Waals surface area (Å²) < 4.78 is 35.4. The van der Waals surface area contributed by atoms with Crippen LogP contribution in [-0.4, -0.2) is 87.4 Å². The van der Waals surface area contributed by atoms with Crippen LogP contribution in [0.25, 0.3) is 6.08 Å². The number of hydrogen-bond acceptors (Lipinski definition) is 15. The zero-order chi connectivity index (χ0) is 52.3. The minimum absolute atomic E-state index is 0.0283. The third kappa shape index (κ3) is 9.38. The summed E-state index contributed by atoms with van der Waals surface area (Å²) in [6.07, 6.45) is 7.65. The minimum atomic E-state index is -1.41. The van der Waals surface area contributed by atoms with Crippen LogP contribution in [0.3, 0.4) is 0 Å². The fourth-order valence-electron chi connectivity index (χ4n) is 15.0. The Morgan fingerprint density at radius 1 is 0.764 bits per heavy atom. The highest BCUT2D eigenvalue weighted by atomic mass is 16.7. The van der Waals surface area contributed by atoms with E-state index in [1.807, 2.05) is 49.4 Å². The Balaban J connectivity index is 1.000. The Morgan fingerprint density at radius 3 is 2.08 bits per heavy atom. The summed E-state index contributed by atoms with van der Waals surface area (Å²) in [6, 6.07) is 9.91. The van der Waals surface area contributed by atoms with Gasteiger partial charge in [0.15, 0.2) is 36.1 Å². The molecule has 1 saturated heterocycles. The van der Waals surface area contributed by atoms with Crippen LogP contribution >= 0.6 is 0 Å². The second-order valence-electron chi connectivity index (χ2n) is 23.7. The van der Waals surface area contributed by atoms with Gasteiger partial charge in [0.25, 0.3) is 0 Å². The normalized spacial score (nSPS) is 37.8. The fraction of sp³-hybridized carbons (Fsp3) is 0.661. The smallest absolute Gasteiger partial charge is 0.312 e. The molecule has 0 spiro atoms. The number of ether oxygens (including phenoxy) is 6. The number of ketones is 2. The lowest BCUT2D eigenvalue weighted by molar-refractivity contribution is -0.270. The molecule has 2 heterocycles. The van der Waals surface area contributed by atoms with Gasteiger partial charge >= 0.3 is 29.8 Å². The summed E-state index contributed by atoms with van der Waals surface area (Å²) in [5.74, 6) is -3.16. The van der Waals surface area contributed by atoms with Crippen molar-refractivity contribution in [1.29, 1.82) is 0 Å². The first-order valence-corrected chi connectivity index (χ1v) is 25.7. The van der Waals surface area contributed by atoms with Crippen molar-refractivity contribution in [1.82, 2.24) is 15.0 Å². The molecule has 72 heavy (non-hydrogen) atoms. The van der Waals surface area contributed by atoms with Crippen LogP contribution in [0.15, 0.2) is 54.3 Å². The first-order chi connectivity index (χ1) is 33.8. The van der Waals surface area contributed by atoms with Gasteiger partial charge in [0.05, 0.1) is 11.6 Å². The molecule has 2 unspecified atom stereocenters. The van der Waals surface area contributed by atoms with Gasteiger partial charge in [-0.1, -0.05) is 88.7 Å². The van der Waals surface area contributed by atoms with Crippen LogP contribution in [-0.2, 0) is 68.6 Å². The Labute approximate surface area is 422 Å². The molecule has 5 fully saturated rings. The maximum Gasteiger partial charge on any atom is 0.312 e. The lowest BCUT2D eigenvalue weighted by atomic mass is 9.33. The molecule has 1 aromatic heterocycles. The molecule has 0 N–H and O–H groups in total. The van der Waals surface area contributed by atoms with Crippen LogP contribution in [0.1, 0.15) is 151 Å². The number of aromatic nitrogens is 3. The number of allylic oxidation sites excluding steroid dienone is 3. The van der Waals surface area contributed by atoms with Crippen LogP contribution in [0.4, 0.5) is 0 Å². The van der Waals surface area contributed by atoms with Crippen molar-refractivity contribution >= 4 is 47.5 Å². The maximum absolute atomic E-state index is 15.1. The standard InChI is InChI=1S/C56H73N3O13/c1-32(60)67-31-43-45(69-33(2)61)46(70-34(3)62)47(71-35(4)63)49(72-43)59-29-37(57-58-59)30-68-50(66)53(8)24-23-52(7)25-26-55(10)39(40(52)28-53)27-42(65)48-54(9)21-19-38(41(64)18-17-36-15-13-12-14-16-36)51(5,6)44(54)20-22-56(48,55)11/h12-18,27,29,38,40,43-49H,19-26,28,30-31H2,1-11H3/b18-17+/t38-,40-,43+,44?,45+,46-,47+,48-,49?,52-,53+,54+,55-,56-/m1/s1. The summed E-state index contributed by atoms with van der Waals surface area (Å²) >= 11 is 0. The second-order valence-corrected chi connectivity index (χ2v) is 23.7. The summed E-state index contributed by atoms with van der Waals surface area (Å²) in [7, 11) is 0. The number of carbonyl (C=O) groups is 7. The third-order valence-electron chi connectivity index (χ3n) is 18.8. The average Bonchev–Trinajstić information content (AvgIpc) is 3.78. The Kier molecular flexibility index (Phi) is 14.2. The van der Waals surface area contributed by atoms with Crippen molar-refractivity contribution < 1.29 is 62.0 Å². The Bertz CT molecular complexity index is 2550. The number of rotatable bonds is 12. The SMILES string of the molecule is CC(=O)OC[C@@H]1OC(n2cc(COC(=O)[C@@]3(C)CC[C@]4(C)CC[C@]5(C)C(=CC(=O)[C@@H]6[C@@]7(C)CC[C@H](C(=O)/C=C/c8ccccc8)C(C)(C)C7CC[C@]65C)[C@H]4C3)nn2)[C@@H](OC(C)=O)[C@H](OC(C)=O)[C@H]1OC(C)=O. The lowest BCUT2D eigenvalue weighted by Gasteiger charge is -2.70. The quantitative estimate of drug-likeness (QED) is 0.111. The highest BCUT2D eigenvalue weighted by Crippen LogP contribution is 2.75. The van der Waals surface area contributed by atoms with Gasteiger partial charge in [-0.25, -0.2) is 4.68 Å². The molecule has 4 saturated carbocycles. The molecule has 0 radical (unpaired) electrons. The van der Waals surface area contributed by atoms with Gasteiger partial charge in [0.1, 0.15) is 25.0 Å². The highest BCUT2D eigenvalue weighted by molar-refractivity contribution is 5.97. The molecule has 8 rings (SSSR count). The van der Waals surface area contributed by atoms with E-state index in [0.717, 1.165) is 71.3 Å². The third-order valence-corrected chi connectivity index (χ3v) is 18.8. The number of nitrogens with zero attached hydrogens (tertiary/aromatic N) is 3. The van der Waals surface area contributed by atoms with Crippen molar-refractivity contribution in [2.45, 2.75) is 171 Å². The van der Waals surface area contributed by atoms with E-state index >= 15 is 4.79 Å². The minimum Gasteiger partial charge on any atom is -0.463 e. The predicted octanol–water partition coefficient (Wildman–Crippen LogP) is 8.46. The van der Waals surface area contributed by atoms with Crippen LogP contribution < -0.4 is 0 Å². The molecular formula is C56H73N3O13. The number of fused-ring (bicyclic) bond motifs is 7. The molecular weight excluding hydrogens is 923 g/mol. The molecule has 14 atom stereocenters. The molecule has 2 aromatic rings. The van der Waals surface area contributed by atoms with Crippen molar-refractivity contribution in [3.63, 3.8) is 0 Å². The van der Waals surface area contributed by atoms with Crippen molar-refractivity contribution in [2.75, 3.05) is 6.61 Å². The predicted molar refractivity (Wildman–Crippen MR) is 260 cm³/mol. The van der Waals surface area contributed by atoms with Gasteiger partial charge in [-0.3, -0.25) is 33.6 Å². The summed E-state index contributed by atoms with van der Waals surface area (Å²) in [6.45, 7) is 19.8. The number of benzene rings is 1. The molecule has 1 aliphatic heterocycles. The van der Waals surface area contributed by atoms with E-state index in [2.05, 4.69) is 51.9 Å². The second kappa shape index (κ2) is 19.4. The molecule has 0 amide bonds. The van der Waals surface area contributed by atoms with Gasteiger partial charge in [-0.15, -0.1) is 5.10 Å². The van der Waals surface area contributed by atoms with Crippen molar-refractivity contribution in [3.05, 3.63) is 65.5 Å². The monoisotopic (exact) mass is 996 g/mol. The van der Waals surface area contributed by atoms with Gasteiger partial charge < -0.3 is 28.4 Å². The summed E-state index contributed by atoms with van der Waals surface area (Å²) in [4.78, 5) is 92.4. The van der Waals surface area contributed by atoms with Crippen LogP contribution in [0, 0.1) is 56.2 Å². The Morgan fingerprint density at radius 2 is 1.42 bits per heavy atom. The zero-order valence-electron chi connectivity index (χ0n) is 43.8. The van der Waals surface area contributed by atoms with E-state index in [1.54, 1.807) is 6.08 Å². The highest BCUT2D eigenvalue weighted by Gasteiger charge is 2.70.